The van der Waals surface area contributed by atoms with Gasteiger partial charge in [0.25, 0.3) is 0 Å². The van der Waals surface area contributed by atoms with Crippen LogP contribution in [0.2, 0.25) is 0 Å². The molecule has 1 aliphatic carbocycles. The molecule has 0 radical (unpaired) electrons. The molecule has 30 heavy (non-hydrogen) atoms. The van der Waals surface area contributed by atoms with Gasteiger partial charge in [0.1, 0.15) is 0 Å². The van der Waals surface area contributed by atoms with Crippen molar-refractivity contribution in [1.29, 1.82) is 0 Å². The third-order valence-corrected chi connectivity index (χ3v) is 5.56. The van der Waals surface area contributed by atoms with Gasteiger partial charge in [0.2, 0.25) is 0 Å². The van der Waals surface area contributed by atoms with Crippen molar-refractivity contribution in [3.05, 3.63) is 23.8 Å². The second-order valence-electron chi connectivity index (χ2n) is 8.13. The first-order valence-corrected chi connectivity index (χ1v) is 9.87. The Morgan fingerprint density at radius 3 is 2.37 bits per heavy atom. The van der Waals surface area contributed by atoms with Crippen molar-refractivity contribution < 1.29 is 22.6 Å². The first-order chi connectivity index (χ1) is 13.6. The van der Waals surface area contributed by atoms with Crippen molar-refractivity contribution in [2.24, 2.45) is 10.9 Å². The first-order valence-electron chi connectivity index (χ1n) is 9.87. The molecular formula is C21H33F3IN3O2. The summed E-state index contributed by atoms with van der Waals surface area (Å²) in [5, 5.41) is 6.43. The second kappa shape index (κ2) is 11.3. The van der Waals surface area contributed by atoms with E-state index in [-0.39, 0.29) is 48.3 Å². The lowest BCUT2D eigenvalue weighted by atomic mass is 9.84. The van der Waals surface area contributed by atoms with E-state index in [0.717, 1.165) is 5.56 Å². The Morgan fingerprint density at radius 1 is 1.13 bits per heavy atom. The minimum absolute atomic E-state index is 0. The third-order valence-electron chi connectivity index (χ3n) is 5.56. The minimum Gasteiger partial charge on any atom is -0.493 e. The van der Waals surface area contributed by atoms with Crippen LogP contribution < -0.4 is 20.1 Å². The molecule has 1 aromatic carbocycles. The molecule has 0 saturated heterocycles. The predicted octanol–water partition coefficient (Wildman–Crippen LogP) is 4.89. The van der Waals surface area contributed by atoms with E-state index in [2.05, 4.69) is 29.5 Å². The number of benzene rings is 1. The van der Waals surface area contributed by atoms with Gasteiger partial charge in [0.15, 0.2) is 17.5 Å². The number of methoxy groups -OCH3 is 2. The quantitative estimate of drug-likeness (QED) is 0.305. The fraction of sp³-hybridized carbons (Fsp3) is 0.667. The third kappa shape index (κ3) is 7.09. The molecule has 0 amide bonds. The number of hydrogen-bond acceptors (Lipinski definition) is 3. The molecule has 0 spiro atoms. The Bertz CT molecular complexity index is 711. The molecule has 2 N–H and O–H groups in total. The Kier molecular flexibility index (Phi) is 10.0. The molecule has 1 aliphatic rings. The van der Waals surface area contributed by atoms with E-state index >= 15 is 0 Å². The van der Waals surface area contributed by atoms with Crippen molar-refractivity contribution in [3.8, 4) is 11.5 Å². The van der Waals surface area contributed by atoms with Crippen molar-refractivity contribution in [1.82, 2.24) is 10.6 Å². The normalized spacial score (nSPS) is 20.2. The van der Waals surface area contributed by atoms with E-state index in [1.807, 2.05) is 18.2 Å². The highest BCUT2D eigenvalue weighted by atomic mass is 127. The van der Waals surface area contributed by atoms with Gasteiger partial charge >= 0.3 is 6.18 Å². The molecule has 0 bridgehead atoms. The molecule has 0 aromatic heterocycles. The lowest BCUT2D eigenvalue weighted by molar-refractivity contribution is -0.183. The van der Waals surface area contributed by atoms with Crippen molar-refractivity contribution in [3.63, 3.8) is 0 Å². The Labute approximate surface area is 194 Å². The van der Waals surface area contributed by atoms with Crippen LogP contribution in [0.3, 0.4) is 0 Å². The highest BCUT2D eigenvalue weighted by Gasteiger charge is 2.42. The topological polar surface area (TPSA) is 54.9 Å². The van der Waals surface area contributed by atoms with Crippen LogP contribution in [0.5, 0.6) is 11.5 Å². The smallest absolute Gasteiger partial charge is 0.391 e. The van der Waals surface area contributed by atoms with Crippen molar-refractivity contribution in [2.75, 3.05) is 27.8 Å². The summed E-state index contributed by atoms with van der Waals surface area (Å²) in [4.78, 5) is 4.20. The molecule has 1 aromatic rings. The van der Waals surface area contributed by atoms with Gasteiger partial charge in [-0.15, -0.1) is 24.0 Å². The summed E-state index contributed by atoms with van der Waals surface area (Å²) in [5.41, 5.74) is 0.783. The number of nitrogens with one attached hydrogen (secondary N) is 2. The average Bonchev–Trinajstić information content (AvgIpc) is 2.70. The number of guanidine groups is 1. The van der Waals surface area contributed by atoms with Crippen LogP contribution in [0.25, 0.3) is 0 Å². The van der Waals surface area contributed by atoms with E-state index in [0.29, 0.717) is 36.8 Å². The summed E-state index contributed by atoms with van der Waals surface area (Å²) in [5.74, 6) is 0.594. The van der Waals surface area contributed by atoms with Crippen LogP contribution >= 0.6 is 24.0 Å². The highest BCUT2D eigenvalue weighted by molar-refractivity contribution is 14.0. The van der Waals surface area contributed by atoms with E-state index < -0.39 is 12.1 Å². The Balaban J connectivity index is 0.00000450. The van der Waals surface area contributed by atoms with Crippen LogP contribution in [0, 0.1) is 5.92 Å². The monoisotopic (exact) mass is 543 g/mol. The summed E-state index contributed by atoms with van der Waals surface area (Å²) >= 11 is 0. The Hall–Kier alpha value is -1.39. The van der Waals surface area contributed by atoms with Gasteiger partial charge in [-0.25, -0.2) is 0 Å². The molecule has 0 aliphatic heterocycles. The maximum Gasteiger partial charge on any atom is 0.391 e. The molecule has 9 heteroatoms. The van der Waals surface area contributed by atoms with Crippen LogP contribution in [0.4, 0.5) is 13.2 Å². The Morgan fingerprint density at radius 2 is 1.80 bits per heavy atom. The number of alkyl halides is 3. The number of hydrogen-bond donors (Lipinski definition) is 2. The van der Waals surface area contributed by atoms with E-state index in [9.17, 15) is 13.2 Å². The van der Waals surface area contributed by atoms with Crippen LogP contribution in [0.15, 0.2) is 23.2 Å². The van der Waals surface area contributed by atoms with E-state index in [4.69, 9.17) is 9.47 Å². The predicted molar refractivity (Wildman–Crippen MR) is 124 cm³/mol. The average molecular weight is 543 g/mol. The number of rotatable bonds is 6. The van der Waals surface area contributed by atoms with Gasteiger partial charge < -0.3 is 20.1 Å². The van der Waals surface area contributed by atoms with Crippen LogP contribution in [0.1, 0.15) is 45.1 Å². The lowest BCUT2D eigenvalue weighted by Gasteiger charge is -2.33. The summed E-state index contributed by atoms with van der Waals surface area (Å²) in [7, 11) is 4.81. The van der Waals surface area contributed by atoms with Gasteiger partial charge in [-0.1, -0.05) is 26.3 Å². The minimum atomic E-state index is -4.13. The maximum atomic E-state index is 13.0. The summed E-state index contributed by atoms with van der Waals surface area (Å²) in [6, 6.07) is 5.55. The maximum absolute atomic E-state index is 13.0. The zero-order chi connectivity index (χ0) is 21.7. The van der Waals surface area contributed by atoms with Crippen LogP contribution in [-0.2, 0) is 5.41 Å². The number of nitrogens with zero attached hydrogens (tertiary/aromatic N) is 1. The van der Waals surface area contributed by atoms with Gasteiger partial charge in [-0.3, -0.25) is 4.99 Å². The number of halogens is 4. The molecule has 2 rings (SSSR count). The fourth-order valence-corrected chi connectivity index (χ4v) is 3.67. The molecule has 1 fully saturated rings. The van der Waals surface area contributed by atoms with Gasteiger partial charge in [-0.2, -0.15) is 13.2 Å². The molecule has 172 valence electrons. The largest absolute Gasteiger partial charge is 0.493 e. The summed E-state index contributed by atoms with van der Waals surface area (Å²) < 4.78 is 49.8. The van der Waals surface area contributed by atoms with Crippen LogP contribution in [-0.4, -0.2) is 46.0 Å². The zero-order valence-corrected chi connectivity index (χ0v) is 20.6. The van der Waals surface area contributed by atoms with Crippen molar-refractivity contribution >= 4 is 29.9 Å². The fourth-order valence-electron chi connectivity index (χ4n) is 3.67. The van der Waals surface area contributed by atoms with Gasteiger partial charge in [-0.05, 0) is 37.0 Å². The summed E-state index contributed by atoms with van der Waals surface area (Å²) in [6.07, 6.45) is -2.56. The molecule has 5 nitrogen and oxygen atoms in total. The molecule has 0 heterocycles. The van der Waals surface area contributed by atoms with Gasteiger partial charge in [0, 0.05) is 25.0 Å². The SMILES string of the molecule is CN=C(NCC(C)(C)c1ccc(OC)c(OC)c1)NC1CCCC(C(F)(F)F)C1.I. The zero-order valence-electron chi connectivity index (χ0n) is 18.2. The summed E-state index contributed by atoms with van der Waals surface area (Å²) in [6.45, 7) is 4.71. The molecule has 1 saturated carbocycles. The second-order valence-corrected chi connectivity index (χ2v) is 8.13. The molecular weight excluding hydrogens is 510 g/mol. The molecule has 2 unspecified atom stereocenters. The highest BCUT2D eigenvalue weighted by Crippen LogP contribution is 2.37. The molecule has 2 atom stereocenters. The van der Waals surface area contributed by atoms with Crippen molar-refractivity contribution in [2.45, 2.75) is 57.2 Å². The van der Waals surface area contributed by atoms with Gasteiger partial charge in [0.05, 0.1) is 20.1 Å². The number of ether oxygens (including phenoxy) is 2. The lowest BCUT2D eigenvalue weighted by Crippen LogP contribution is -2.49. The number of aliphatic imine (C=N–C) groups is 1. The standard InChI is InChI=1S/C21H32F3N3O2.HI/c1-20(2,14-9-10-17(28-4)18(12-14)29-5)13-26-19(25-3)27-16-8-6-7-15(11-16)21(22,23)24;/h9-10,12,15-16H,6-8,11,13H2,1-5H3,(H2,25,26,27);1H. The van der Waals surface area contributed by atoms with E-state index in [1.54, 1.807) is 21.3 Å². The van der Waals surface area contributed by atoms with E-state index in [1.165, 1.54) is 0 Å². The first kappa shape index (κ1) is 26.6.